The number of nitrogens with one attached hydrogen (secondary N) is 1. The van der Waals surface area contributed by atoms with Crippen LogP contribution in [0, 0.1) is 5.82 Å². The smallest absolute Gasteiger partial charge is 0.123 e. The third-order valence-electron chi connectivity index (χ3n) is 4.82. The van der Waals surface area contributed by atoms with Crippen LogP contribution < -0.4 is 5.32 Å². The van der Waals surface area contributed by atoms with Crippen LogP contribution in [-0.4, -0.2) is 35.6 Å². The van der Waals surface area contributed by atoms with Crippen molar-refractivity contribution in [3.63, 3.8) is 0 Å². The molecule has 0 amide bonds. The maximum atomic E-state index is 13.2. The van der Waals surface area contributed by atoms with Crippen molar-refractivity contribution < 1.29 is 4.39 Å². The second kappa shape index (κ2) is 6.90. The van der Waals surface area contributed by atoms with Crippen molar-refractivity contribution in [1.82, 2.24) is 15.2 Å². The average Bonchev–Trinajstić information content (AvgIpc) is 2.62. The number of piperazine rings is 1. The predicted molar refractivity (Wildman–Crippen MR) is 99.9 cm³/mol. The first-order valence-corrected chi connectivity index (χ1v) is 8.78. The highest BCUT2D eigenvalue weighted by molar-refractivity contribution is 5.94. The number of nitrogens with zero attached hydrogens (tertiary/aromatic N) is 2. The maximum absolute atomic E-state index is 13.2. The van der Waals surface area contributed by atoms with Gasteiger partial charge in [0.1, 0.15) is 5.82 Å². The summed E-state index contributed by atoms with van der Waals surface area (Å²) in [5, 5.41) is 4.58. The monoisotopic (exact) mass is 335 g/mol. The van der Waals surface area contributed by atoms with Crippen LogP contribution in [0.25, 0.3) is 22.0 Å². The van der Waals surface area contributed by atoms with E-state index in [0.717, 1.165) is 48.2 Å². The normalized spacial score (nSPS) is 18.6. The molecule has 0 aliphatic carbocycles. The van der Waals surface area contributed by atoms with E-state index >= 15 is 0 Å². The van der Waals surface area contributed by atoms with Crippen molar-refractivity contribution in [2.75, 3.05) is 19.6 Å². The van der Waals surface area contributed by atoms with E-state index in [0.29, 0.717) is 6.04 Å². The molecule has 25 heavy (non-hydrogen) atoms. The first-order valence-electron chi connectivity index (χ1n) is 8.78. The molecule has 1 aliphatic heterocycles. The van der Waals surface area contributed by atoms with Gasteiger partial charge in [-0.3, -0.25) is 9.88 Å². The molecule has 0 bridgehead atoms. The topological polar surface area (TPSA) is 28.2 Å². The van der Waals surface area contributed by atoms with Crippen molar-refractivity contribution in [2.45, 2.75) is 19.5 Å². The van der Waals surface area contributed by atoms with Crippen molar-refractivity contribution in [3.8, 4) is 11.1 Å². The Hall–Kier alpha value is -2.30. The lowest BCUT2D eigenvalue weighted by atomic mass is 10.00. The molecule has 0 saturated carbocycles. The molecule has 1 aliphatic rings. The van der Waals surface area contributed by atoms with E-state index in [9.17, 15) is 4.39 Å². The number of halogens is 1. The van der Waals surface area contributed by atoms with Gasteiger partial charge >= 0.3 is 0 Å². The number of pyridine rings is 1. The summed E-state index contributed by atoms with van der Waals surface area (Å²) in [4.78, 5) is 7.03. The molecule has 4 heteroatoms. The molecule has 0 spiro atoms. The molecule has 0 radical (unpaired) electrons. The molecule has 1 aromatic heterocycles. The highest BCUT2D eigenvalue weighted by atomic mass is 19.1. The number of rotatable bonds is 3. The third kappa shape index (κ3) is 3.55. The number of hydrogen-bond donors (Lipinski definition) is 1. The Bertz CT molecular complexity index is 876. The molecule has 1 atom stereocenters. The van der Waals surface area contributed by atoms with Crippen LogP contribution in [0.3, 0.4) is 0 Å². The summed E-state index contributed by atoms with van der Waals surface area (Å²) in [7, 11) is 0. The van der Waals surface area contributed by atoms with Crippen LogP contribution in [0.5, 0.6) is 0 Å². The Morgan fingerprint density at radius 1 is 1.16 bits per heavy atom. The lowest BCUT2D eigenvalue weighted by Crippen LogP contribution is -2.48. The second-order valence-corrected chi connectivity index (χ2v) is 6.81. The van der Waals surface area contributed by atoms with E-state index in [1.54, 1.807) is 0 Å². The van der Waals surface area contributed by atoms with Crippen molar-refractivity contribution in [1.29, 1.82) is 0 Å². The van der Waals surface area contributed by atoms with Gasteiger partial charge in [0.25, 0.3) is 0 Å². The minimum atomic E-state index is -0.213. The summed E-state index contributed by atoms with van der Waals surface area (Å²) in [6.07, 6.45) is 1.83. The van der Waals surface area contributed by atoms with Crippen molar-refractivity contribution in [3.05, 3.63) is 66.1 Å². The molecule has 1 fully saturated rings. The van der Waals surface area contributed by atoms with Gasteiger partial charge in [-0.1, -0.05) is 24.3 Å². The molecule has 0 unspecified atom stereocenters. The number of hydrogen-bond acceptors (Lipinski definition) is 3. The Kier molecular flexibility index (Phi) is 4.47. The first-order chi connectivity index (χ1) is 12.2. The molecule has 3 nitrogen and oxygen atoms in total. The van der Waals surface area contributed by atoms with Crippen LogP contribution in [-0.2, 0) is 6.54 Å². The summed E-state index contributed by atoms with van der Waals surface area (Å²) in [5.41, 5.74) is 4.37. The Morgan fingerprint density at radius 3 is 2.80 bits per heavy atom. The number of benzene rings is 2. The van der Waals surface area contributed by atoms with E-state index < -0.39 is 0 Å². The zero-order chi connectivity index (χ0) is 17.2. The van der Waals surface area contributed by atoms with Gasteiger partial charge in [0.2, 0.25) is 0 Å². The number of aromatic nitrogens is 1. The maximum Gasteiger partial charge on any atom is 0.123 e. The van der Waals surface area contributed by atoms with E-state index in [1.165, 1.54) is 17.7 Å². The van der Waals surface area contributed by atoms with E-state index in [4.69, 9.17) is 0 Å². The quantitative estimate of drug-likeness (QED) is 0.788. The van der Waals surface area contributed by atoms with Gasteiger partial charge in [-0.25, -0.2) is 4.39 Å². The fourth-order valence-corrected chi connectivity index (χ4v) is 3.59. The van der Waals surface area contributed by atoms with Crippen molar-refractivity contribution >= 4 is 10.9 Å². The van der Waals surface area contributed by atoms with E-state index in [-0.39, 0.29) is 5.82 Å². The van der Waals surface area contributed by atoms with Gasteiger partial charge < -0.3 is 5.32 Å². The van der Waals surface area contributed by atoms with Crippen molar-refractivity contribution in [2.24, 2.45) is 0 Å². The first kappa shape index (κ1) is 16.2. The summed E-state index contributed by atoms with van der Waals surface area (Å²) in [5.74, 6) is -0.213. The van der Waals surface area contributed by atoms with Crippen LogP contribution in [0.2, 0.25) is 0 Å². The number of fused-ring (bicyclic) bond motifs is 1. The SMILES string of the molecule is C[C@@H]1CN(Cc2ccc3c(-c4ccc(F)cc4)ccnc3c2)CCN1. The molecule has 2 heterocycles. The molecule has 1 N–H and O–H groups in total. The zero-order valence-corrected chi connectivity index (χ0v) is 14.4. The Labute approximate surface area is 147 Å². The highest BCUT2D eigenvalue weighted by Crippen LogP contribution is 2.28. The van der Waals surface area contributed by atoms with Gasteiger partial charge in [-0.15, -0.1) is 0 Å². The highest BCUT2D eigenvalue weighted by Gasteiger charge is 2.16. The minimum absolute atomic E-state index is 0.213. The summed E-state index contributed by atoms with van der Waals surface area (Å²) in [6.45, 7) is 6.36. The van der Waals surface area contributed by atoms with Gasteiger partial charge in [0.15, 0.2) is 0 Å². The summed E-state index contributed by atoms with van der Waals surface area (Å²) in [6, 6.07) is 15.7. The predicted octanol–water partition coefficient (Wildman–Crippen LogP) is 3.83. The molecule has 3 aromatic rings. The van der Waals surface area contributed by atoms with Crippen LogP contribution in [0.15, 0.2) is 54.7 Å². The van der Waals surface area contributed by atoms with E-state index in [1.807, 2.05) is 24.4 Å². The van der Waals surface area contributed by atoms with Gasteiger partial charge in [-0.2, -0.15) is 0 Å². The molecular weight excluding hydrogens is 313 g/mol. The lowest BCUT2D eigenvalue weighted by molar-refractivity contribution is 0.200. The molecule has 128 valence electrons. The fraction of sp³-hybridized carbons (Fsp3) is 0.286. The lowest BCUT2D eigenvalue weighted by Gasteiger charge is -2.31. The molecule has 1 saturated heterocycles. The fourth-order valence-electron chi connectivity index (χ4n) is 3.59. The van der Waals surface area contributed by atoms with E-state index in [2.05, 4.69) is 40.3 Å². The van der Waals surface area contributed by atoms with Gasteiger partial charge in [0.05, 0.1) is 5.52 Å². The molecule has 4 rings (SSSR count). The standard InChI is InChI=1S/C21H22FN3/c1-15-13-25(11-10-23-15)14-16-2-7-20-19(8-9-24-21(20)12-16)17-3-5-18(22)6-4-17/h2-9,12,15,23H,10-11,13-14H2,1H3/t15-/m1/s1. The molecule has 2 aromatic carbocycles. The van der Waals surface area contributed by atoms with Crippen LogP contribution in [0.4, 0.5) is 4.39 Å². The zero-order valence-electron chi connectivity index (χ0n) is 14.4. The van der Waals surface area contributed by atoms with Gasteiger partial charge in [-0.05, 0) is 47.9 Å². The Balaban J connectivity index is 1.64. The summed E-state index contributed by atoms with van der Waals surface area (Å²) < 4.78 is 13.2. The third-order valence-corrected chi connectivity index (χ3v) is 4.82. The summed E-state index contributed by atoms with van der Waals surface area (Å²) >= 11 is 0. The average molecular weight is 335 g/mol. The van der Waals surface area contributed by atoms with Gasteiger partial charge in [0, 0.05) is 43.8 Å². The minimum Gasteiger partial charge on any atom is -0.312 e. The van der Waals surface area contributed by atoms with Crippen LogP contribution >= 0.6 is 0 Å². The largest absolute Gasteiger partial charge is 0.312 e. The Morgan fingerprint density at radius 2 is 2.00 bits per heavy atom. The second-order valence-electron chi connectivity index (χ2n) is 6.81. The molecular formula is C21H22FN3. The van der Waals surface area contributed by atoms with Crippen LogP contribution in [0.1, 0.15) is 12.5 Å².